The minimum atomic E-state index is 0.0744. The van der Waals surface area contributed by atoms with Crippen molar-refractivity contribution < 1.29 is 9.84 Å². The minimum Gasteiger partial charge on any atom is -0.496 e. The average Bonchev–Trinajstić information content (AvgIpc) is 2.62. The number of aliphatic hydroxyl groups excluding tert-OH is 1. The molecular formula is C22H22O2. The predicted molar refractivity (Wildman–Crippen MR) is 98.3 cm³/mol. The molecule has 0 saturated heterocycles. The van der Waals surface area contributed by atoms with Crippen LogP contribution in [0.5, 0.6) is 5.75 Å². The summed E-state index contributed by atoms with van der Waals surface area (Å²) in [5.74, 6) is 0.883. The van der Waals surface area contributed by atoms with E-state index < -0.39 is 0 Å². The molecule has 0 aliphatic carbocycles. The molecule has 0 aromatic heterocycles. The highest BCUT2D eigenvalue weighted by atomic mass is 16.5. The lowest BCUT2D eigenvalue weighted by Crippen LogP contribution is -1.94. The van der Waals surface area contributed by atoms with Crippen LogP contribution in [0.3, 0.4) is 0 Å². The van der Waals surface area contributed by atoms with Gasteiger partial charge >= 0.3 is 0 Å². The van der Waals surface area contributed by atoms with Crippen LogP contribution in [0.1, 0.15) is 22.3 Å². The van der Waals surface area contributed by atoms with Gasteiger partial charge in [0.15, 0.2) is 0 Å². The highest BCUT2D eigenvalue weighted by molar-refractivity contribution is 5.71. The van der Waals surface area contributed by atoms with Crippen molar-refractivity contribution in [2.75, 3.05) is 7.11 Å². The molecule has 0 unspecified atom stereocenters. The van der Waals surface area contributed by atoms with Gasteiger partial charge in [-0.1, -0.05) is 60.2 Å². The van der Waals surface area contributed by atoms with Crippen molar-refractivity contribution in [3.05, 3.63) is 89.0 Å². The van der Waals surface area contributed by atoms with Crippen molar-refractivity contribution in [1.29, 1.82) is 0 Å². The molecular weight excluding hydrogens is 296 g/mol. The van der Waals surface area contributed by atoms with E-state index in [0.717, 1.165) is 28.9 Å². The first-order chi connectivity index (χ1) is 11.7. The van der Waals surface area contributed by atoms with E-state index in [1.807, 2.05) is 18.2 Å². The molecule has 0 aliphatic rings. The fourth-order valence-electron chi connectivity index (χ4n) is 2.98. The van der Waals surface area contributed by atoms with Crippen molar-refractivity contribution in [3.8, 4) is 16.9 Å². The Bertz CT molecular complexity index is 837. The first-order valence-corrected chi connectivity index (χ1v) is 8.12. The number of rotatable bonds is 5. The second-order valence-electron chi connectivity index (χ2n) is 6.06. The van der Waals surface area contributed by atoms with E-state index >= 15 is 0 Å². The molecule has 0 amide bonds. The fraction of sp³-hybridized carbons (Fsp3) is 0.182. The van der Waals surface area contributed by atoms with Crippen LogP contribution in [0.4, 0.5) is 0 Å². The zero-order valence-corrected chi connectivity index (χ0v) is 14.1. The van der Waals surface area contributed by atoms with E-state index in [-0.39, 0.29) is 6.61 Å². The summed E-state index contributed by atoms with van der Waals surface area (Å²) in [6, 6.07) is 22.9. The number of hydrogen-bond donors (Lipinski definition) is 1. The monoisotopic (exact) mass is 318 g/mol. The summed E-state index contributed by atoms with van der Waals surface area (Å²) in [4.78, 5) is 0. The zero-order chi connectivity index (χ0) is 16.9. The Hall–Kier alpha value is -2.58. The Morgan fingerprint density at radius 3 is 2.33 bits per heavy atom. The van der Waals surface area contributed by atoms with Gasteiger partial charge in [0.1, 0.15) is 5.75 Å². The van der Waals surface area contributed by atoms with Crippen LogP contribution in [0.15, 0.2) is 66.7 Å². The third kappa shape index (κ3) is 3.66. The maximum absolute atomic E-state index is 9.30. The molecule has 3 aromatic rings. The van der Waals surface area contributed by atoms with Crippen LogP contribution < -0.4 is 4.74 Å². The van der Waals surface area contributed by atoms with Crippen molar-refractivity contribution in [2.24, 2.45) is 0 Å². The number of aliphatic hydroxyl groups is 1. The van der Waals surface area contributed by atoms with Crippen molar-refractivity contribution in [2.45, 2.75) is 20.0 Å². The van der Waals surface area contributed by atoms with Crippen LogP contribution in [0.2, 0.25) is 0 Å². The normalized spacial score (nSPS) is 10.6. The number of ether oxygens (including phenoxy) is 1. The Kier molecular flexibility index (Phi) is 4.97. The molecule has 0 saturated carbocycles. The summed E-state index contributed by atoms with van der Waals surface area (Å²) >= 11 is 0. The van der Waals surface area contributed by atoms with E-state index in [4.69, 9.17) is 4.74 Å². The summed E-state index contributed by atoms with van der Waals surface area (Å²) in [5.41, 5.74) is 6.87. The van der Waals surface area contributed by atoms with Crippen molar-refractivity contribution in [1.82, 2.24) is 0 Å². The second kappa shape index (κ2) is 7.33. The molecule has 24 heavy (non-hydrogen) atoms. The number of methoxy groups -OCH3 is 1. The quantitative estimate of drug-likeness (QED) is 0.735. The number of aryl methyl sites for hydroxylation is 1. The molecule has 3 aromatic carbocycles. The Balaban J connectivity index is 1.97. The van der Waals surface area contributed by atoms with Crippen molar-refractivity contribution in [3.63, 3.8) is 0 Å². The molecule has 1 N–H and O–H groups in total. The first-order valence-electron chi connectivity index (χ1n) is 8.12. The zero-order valence-electron chi connectivity index (χ0n) is 14.1. The lowest BCUT2D eigenvalue weighted by Gasteiger charge is -2.12. The molecule has 0 bridgehead atoms. The molecule has 0 aliphatic heterocycles. The van der Waals surface area contributed by atoms with Gasteiger partial charge in [-0.15, -0.1) is 0 Å². The number of benzene rings is 3. The summed E-state index contributed by atoms with van der Waals surface area (Å²) in [7, 11) is 1.71. The highest BCUT2D eigenvalue weighted by Gasteiger charge is 2.08. The molecule has 0 radical (unpaired) electrons. The van der Waals surface area contributed by atoms with Crippen LogP contribution >= 0.6 is 0 Å². The van der Waals surface area contributed by atoms with Crippen LogP contribution in [-0.2, 0) is 13.0 Å². The summed E-state index contributed by atoms with van der Waals surface area (Å²) < 4.78 is 5.55. The van der Waals surface area contributed by atoms with Crippen LogP contribution in [0, 0.1) is 6.92 Å². The topological polar surface area (TPSA) is 29.5 Å². The third-order valence-corrected chi connectivity index (χ3v) is 4.18. The van der Waals surface area contributed by atoms with Gasteiger partial charge in [-0.25, -0.2) is 0 Å². The summed E-state index contributed by atoms with van der Waals surface area (Å²) in [6.07, 6.45) is 0.830. The lowest BCUT2D eigenvalue weighted by atomic mass is 9.97. The molecule has 0 heterocycles. The van der Waals surface area contributed by atoms with Gasteiger partial charge in [0.25, 0.3) is 0 Å². The SMILES string of the molecule is COc1ccc(Cc2cccc(CO)c2)cc1-c1cccc(C)c1. The Morgan fingerprint density at radius 2 is 1.58 bits per heavy atom. The van der Waals surface area contributed by atoms with E-state index in [0.29, 0.717) is 0 Å². The lowest BCUT2D eigenvalue weighted by molar-refractivity contribution is 0.281. The molecule has 2 nitrogen and oxygen atoms in total. The van der Waals surface area contributed by atoms with Crippen LogP contribution in [0.25, 0.3) is 11.1 Å². The standard InChI is InChI=1S/C22H22O2/c1-16-5-3-8-20(11-16)21-14-18(9-10-22(21)24-2)12-17-6-4-7-19(13-17)15-23/h3-11,13-14,23H,12,15H2,1-2H3. The van der Waals surface area contributed by atoms with E-state index in [1.54, 1.807) is 7.11 Å². The van der Waals surface area contributed by atoms with E-state index in [2.05, 4.69) is 55.5 Å². The van der Waals surface area contributed by atoms with Gasteiger partial charge in [-0.2, -0.15) is 0 Å². The molecule has 0 atom stereocenters. The largest absolute Gasteiger partial charge is 0.496 e. The Morgan fingerprint density at radius 1 is 0.833 bits per heavy atom. The highest BCUT2D eigenvalue weighted by Crippen LogP contribution is 2.32. The van der Waals surface area contributed by atoms with E-state index in [9.17, 15) is 5.11 Å². The molecule has 2 heteroatoms. The molecule has 0 spiro atoms. The minimum absolute atomic E-state index is 0.0744. The molecule has 3 rings (SSSR count). The van der Waals surface area contributed by atoms with Gasteiger partial charge in [0, 0.05) is 5.56 Å². The fourth-order valence-corrected chi connectivity index (χ4v) is 2.98. The maximum atomic E-state index is 9.30. The van der Waals surface area contributed by atoms with Gasteiger partial charge in [0.05, 0.1) is 13.7 Å². The van der Waals surface area contributed by atoms with E-state index in [1.165, 1.54) is 16.7 Å². The maximum Gasteiger partial charge on any atom is 0.126 e. The number of hydrogen-bond acceptors (Lipinski definition) is 2. The summed E-state index contributed by atoms with van der Waals surface area (Å²) in [6.45, 7) is 2.17. The predicted octanol–water partition coefficient (Wildman–Crippen LogP) is 4.75. The van der Waals surface area contributed by atoms with Gasteiger partial charge < -0.3 is 9.84 Å². The first kappa shape index (κ1) is 16.3. The smallest absolute Gasteiger partial charge is 0.126 e. The molecule has 122 valence electrons. The second-order valence-corrected chi connectivity index (χ2v) is 6.06. The average molecular weight is 318 g/mol. The Labute approximate surface area is 143 Å². The van der Waals surface area contributed by atoms with Gasteiger partial charge in [0.2, 0.25) is 0 Å². The third-order valence-electron chi connectivity index (χ3n) is 4.18. The molecule has 0 fully saturated rings. The summed E-state index contributed by atoms with van der Waals surface area (Å²) in [5, 5.41) is 9.30. The van der Waals surface area contributed by atoms with Gasteiger partial charge in [-0.3, -0.25) is 0 Å². The van der Waals surface area contributed by atoms with Gasteiger partial charge in [-0.05, 0) is 47.7 Å². The van der Waals surface area contributed by atoms with Crippen LogP contribution in [-0.4, -0.2) is 12.2 Å². The van der Waals surface area contributed by atoms with Crippen molar-refractivity contribution >= 4 is 0 Å².